The number of nitrogens with zero attached hydrogens (tertiary/aromatic N) is 2. The Morgan fingerprint density at radius 1 is 1.38 bits per heavy atom. The maximum Gasteiger partial charge on any atom is 0.302 e. The second kappa shape index (κ2) is 6.78. The lowest BCUT2D eigenvalue weighted by Crippen LogP contribution is -2.34. The summed E-state index contributed by atoms with van der Waals surface area (Å²) in [6.07, 6.45) is -4.26. The molecule has 24 heavy (non-hydrogen) atoms. The number of aliphatic hydroxyl groups is 2. The maximum atomic E-state index is 10.9. The third-order valence-corrected chi connectivity index (χ3v) is 5.01. The first-order valence-electron chi connectivity index (χ1n) is 6.97. The third kappa shape index (κ3) is 3.14. The zero-order valence-corrected chi connectivity index (χ0v) is 15.4. The van der Waals surface area contributed by atoms with Gasteiger partial charge in [-0.2, -0.15) is 0 Å². The second-order valence-electron chi connectivity index (χ2n) is 5.35. The van der Waals surface area contributed by atoms with E-state index in [0.29, 0.717) is 25.8 Å². The number of hydrogen-bond donors (Lipinski definition) is 2. The number of carbonyl (C=O) groups excluding carboxylic acids is 1. The van der Waals surface area contributed by atoms with Gasteiger partial charge in [-0.1, -0.05) is 23.2 Å². The van der Waals surface area contributed by atoms with Crippen molar-refractivity contribution in [2.45, 2.75) is 31.5 Å². The number of ether oxygens (including phenoxy) is 2. The highest BCUT2D eigenvalue weighted by molar-refractivity contribution is 9.10. The lowest BCUT2D eigenvalue weighted by atomic mass is 10.1. The van der Waals surface area contributed by atoms with Crippen molar-refractivity contribution in [3.05, 3.63) is 26.9 Å². The second-order valence-corrected chi connectivity index (χ2v) is 6.88. The van der Waals surface area contributed by atoms with E-state index in [9.17, 15) is 15.0 Å². The molecule has 0 spiro atoms. The van der Waals surface area contributed by atoms with E-state index in [1.807, 2.05) is 0 Å². The molecular weight excluding hydrogens is 427 g/mol. The number of esters is 1. The molecule has 0 radical (unpaired) electrons. The number of aromatic nitrogens is 2. The summed E-state index contributed by atoms with van der Waals surface area (Å²) in [5, 5.41) is 21.1. The number of fused-ring (bicyclic) bond motifs is 1. The predicted octanol–water partition coefficient (Wildman–Crippen LogP) is 2.29. The topological polar surface area (TPSA) is 93.8 Å². The van der Waals surface area contributed by atoms with Crippen molar-refractivity contribution < 1.29 is 24.5 Å². The number of rotatable bonds is 3. The SMILES string of the molecule is CC(=O)OC[C@H]1O[C@@H](n2c(Br)nc3cc(Cl)c(Cl)cc32)[C@H](O)[C@@H]1O. The van der Waals surface area contributed by atoms with Crippen molar-refractivity contribution in [2.24, 2.45) is 0 Å². The fraction of sp³-hybridized carbons (Fsp3) is 0.429. The number of carbonyl (C=O) groups is 1. The van der Waals surface area contributed by atoms with E-state index in [1.165, 1.54) is 6.92 Å². The van der Waals surface area contributed by atoms with Gasteiger partial charge in [0.25, 0.3) is 0 Å². The van der Waals surface area contributed by atoms with E-state index in [0.717, 1.165) is 0 Å². The molecule has 0 bridgehead atoms. The summed E-state index contributed by atoms with van der Waals surface area (Å²) in [4.78, 5) is 15.2. The quantitative estimate of drug-likeness (QED) is 0.712. The van der Waals surface area contributed by atoms with Crippen molar-refractivity contribution in [3.63, 3.8) is 0 Å². The van der Waals surface area contributed by atoms with Gasteiger partial charge in [0.05, 0.1) is 21.1 Å². The average Bonchev–Trinajstić information content (AvgIpc) is 2.95. The van der Waals surface area contributed by atoms with Gasteiger partial charge in [0, 0.05) is 6.92 Å². The Hall–Kier alpha value is -0.900. The predicted molar refractivity (Wildman–Crippen MR) is 90.0 cm³/mol. The standard InChI is InChI=1S/C14H13BrCl2N2O5/c1-5(20)23-4-10-11(21)12(22)13(24-10)19-9-3-7(17)6(16)2-8(9)18-14(19)15/h2-3,10-13,21-22H,4H2,1H3/t10-,11-,12-,13-/m1/s1. The molecule has 2 N–H and O–H groups in total. The monoisotopic (exact) mass is 438 g/mol. The zero-order valence-electron chi connectivity index (χ0n) is 12.3. The van der Waals surface area contributed by atoms with Crippen molar-refractivity contribution in [1.29, 1.82) is 0 Å². The minimum Gasteiger partial charge on any atom is -0.463 e. The minimum absolute atomic E-state index is 0.166. The van der Waals surface area contributed by atoms with E-state index in [4.69, 9.17) is 32.7 Å². The fourth-order valence-electron chi connectivity index (χ4n) is 2.58. The van der Waals surface area contributed by atoms with E-state index in [2.05, 4.69) is 20.9 Å². The van der Waals surface area contributed by atoms with Crippen molar-refractivity contribution in [1.82, 2.24) is 9.55 Å². The normalized spacial score (nSPS) is 26.9. The van der Waals surface area contributed by atoms with Crippen LogP contribution in [0.2, 0.25) is 10.0 Å². The molecule has 2 aromatic rings. The van der Waals surface area contributed by atoms with Crippen LogP contribution in [0.15, 0.2) is 16.9 Å². The summed E-state index contributed by atoms with van der Waals surface area (Å²) in [6, 6.07) is 3.19. The summed E-state index contributed by atoms with van der Waals surface area (Å²) in [5.41, 5.74) is 1.12. The average molecular weight is 440 g/mol. The van der Waals surface area contributed by atoms with E-state index in [-0.39, 0.29) is 6.61 Å². The van der Waals surface area contributed by atoms with Crippen LogP contribution in [0, 0.1) is 0 Å². The van der Waals surface area contributed by atoms with Crippen molar-refractivity contribution >= 4 is 56.1 Å². The van der Waals surface area contributed by atoms with Gasteiger partial charge in [0.1, 0.15) is 24.9 Å². The van der Waals surface area contributed by atoms with Crippen LogP contribution in [0.3, 0.4) is 0 Å². The molecule has 1 aliphatic heterocycles. The summed E-state index contributed by atoms with van der Waals surface area (Å²) < 4.78 is 12.5. The molecule has 0 aliphatic carbocycles. The highest BCUT2D eigenvalue weighted by Crippen LogP contribution is 2.37. The molecule has 1 aliphatic rings. The number of imidazole rings is 1. The van der Waals surface area contributed by atoms with Crippen LogP contribution in [0.1, 0.15) is 13.2 Å². The lowest BCUT2D eigenvalue weighted by molar-refractivity contribution is -0.147. The van der Waals surface area contributed by atoms with Gasteiger partial charge < -0.3 is 19.7 Å². The van der Waals surface area contributed by atoms with Crippen LogP contribution in [0.25, 0.3) is 11.0 Å². The minimum atomic E-state index is -1.24. The van der Waals surface area contributed by atoms with Crippen molar-refractivity contribution in [3.8, 4) is 0 Å². The summed E-state index contributed by atoms with van der Waals surface area (Å²) in [6.45, 7) is 1.09. The van der Waals surface area contributed by atoms with Crippen LogP contribution in [0.5, 0.6) is 0 Å². The number of aliphatic hydroxyl groups excluding tert-OH is 2. The van der Waals surface area contributed by atoms with E-state index < -0.39 is 30.5 Å². The summed E-state index contributed by atoms with van der Waals surface area (Å²) >= 11 is 15.4. The van der Waals surface area contributed by atoms with Gasteiger partial charge in [0.2, 0.25) is 0 Å². The first kappa shape index (κ1) is 17.9. The molecule has 4 atom stereocenters. The Labute approximate surface area is 155 Å². The molecule has 10 heteroatoms. The molecular formula is C14H13BrCl2N2O5. The van der Waals surface area contributed by atoms with Crippen molar-refractivity contribution in [2.75, 3.05) is 6.61 Å². The van der Waals surface area contributed by atoms with E-state index in [1.54, 1.807) is 16.7 Å². The Balaban J connectivity index is 1.96. The largest absolute Gasteiger partial charge is 0.463 e. The van der Waals surface area contributed by atoms with Gasteiger partial charge >= 0.3 is 5.97 Å². The van der Waals surface area contributed by atoms with Crippen LogP contribution in [-0.2, 0) is 14.3 Å². The van der Waals surface area contributed by atoms with Gasteiger partial charge in [-0.3, -0.25) is 9.36 Å². The third-order valence-electron chi connectivity index (χ3n) is 3.73. The Morgan fingerprint density at radius 3 is 2.71 bits per heavy atom. The number of halogens is 3. The summed E-state index contributed by atoms with van der Waals surface area (Å²) in [7, 11) is 0. The molecule has 1 aromatic heterocycles. The molecule has 0 amide bonds. The van der Waals surface area contributed by atoms with Gasteiger partial charge in [-0.15, -0.1) is 0 Å². The van der Waals surface area contributed by atoms with Crippen LogP contribution in [-0.4, -0.2) is 50.7 Å². The highest BCUT2D eigenvalue weighted by Gasteiger charge is 2.45. The fourth-order valence-corrected chi connectivity index (χ4v) is 3.48. The number of benzene rings is 1. The van der Waals surface area contributed by atoms with Crippen LogP contribution in [0.4, 0.5) is 0 Å². The molecule has 0 saturated carbocycles. The first-order chi connectivity index (χ1) is 11.3. The molecule has 130 valence electrons. The molecule has 1 aromatic carbocycles. The molecule has 1 saturated heterocycles. The molecule has 7 nitrogen and oxygen atoms in total. The van der Waals surface area contributed by atoms with E-state index >= 15 is 0 Å². The van der Waals surface area contributed by atoms with Crippen LogP contribution < -0.4 is 0 Å². The lowest BCUT2D eigenvalue weighted by Gasteiger charge is -2.18. The van der Waals surface area contributed by atoms with Crippen LogP contribution >= 0.6 is 39.1 Å². The molecule has 3 rings (SSSR count). The highest BCUT2D eigenvalue weighted by atomic mass is 79.9. The first-order valence-corrected chi connectivity index (χ1v) is 8.52. The molecule has 0 unspecified atom stereocenters. The van der Waals surface area contributed by atoms with Gasteiger partial charge in [0.15, 0.2) is 11.0 Å². The Bertz CT molecular complexity index is 799. The zero-order chi connectivity index (χ0) is 17.6. The summed E-state index contributed by atoms with van der Waals surface area (Å²) in [5.74, 6) is -0.501. The molecule has 2 heterocycles. The Kier molecular flexibility index (Phi) is 5.06. The van der Waals surface area contributed by atoms with Gasteiger partial charge in [-0.25, -0.2) is 4.98 Å². The molecule has 1 fully saturated rings. The maximum absolute atomic E-state index is 10.9. The number of hydrogen-bond acceptors (Lipinski definition) is 6. The smallest absolute Gasteiger partial charge is 0.302 e. The Morgan fingerprint density at radius 2 is 2.04 bits per heavy atom. The van der Waals surface area contributed by atoms with Gasteiger partial charge in [-0.05, 0) is 28.1 Å².